The van der Waals surface area contributed by atoms with E-state index in [0.29, 0.717) is 18.1 Å². The highest BCUT2D eigenvalue weighted by molar-refractivity contribution is 6.05. The second kappa shape index (κ2) is 8.11. The highest BCUT2D eigenvalue weighted by Gasteiger charge is 2.14. The molecule has 0 radical (unpaired) electrons. The van der Waals surface area contributed by atoms with Gasteiger partial charge in [-0.3, -0.25) is 4.79 Å². The molecule has 0 aliphatic rings. The van der Waals surface area contributed by atoms with Crippen LogP contribution < -0.4 is 15.0 Å². The van der Waals surface area contributed by atoms with Crippen LogP contribution in [0.4, 0.5) is 11.6 Å². The van der Waals surface area contributed by atoms with Crippen LogP contribution in [0.2, 0.25) is 0 Å². The molecule has 0 spiro atoms. The fraction of sp³-hybridized carbons (Fsp3) is 0.150. The third-order valence-corrected chi connectivity index (χ3v) is 3.98. The Morgan fingerprint density at radius 1 is 1.04 bits per heavy atom. The number of aromatic nitrogens is 2. The van der Waals surface area contributed by atoms with Gasteiger partial charge < -0.3 is 15.0 Å². The van der Waals surface area contributed by atoms with Gasteiger partial charge in [0.15, 0.2) is 0 Å². The van der Waals surface area contributed by atoms with Gasteiger partial charge in [-0.15, -0.1) is 0 Å². The zero-order chi connectivity index (χ0) is 18.4. The maximum Gasteiger partial charge on any atom is 0.261 e. The molecular weight excluding hydrogens is 328 g/mol. The topological polar surface area (TPSA) is 67.3 Å². The van der Waals surface area contributed by atoms with Crippen molar-refractivity contribution in [3.8, 4) is 5.75 Å². The molecule has 1 heterocycles. The number of para-hydroxylation sites is 2. The number of ether oxygens (including phenoxy) is 1. The monoisotopic (exact) mass is 348 g/mol. The fourth-order valence-electron chi connectivity index (χ4n) is 2.52. The summed E-state index contributed by atoms with van der Waals surface area (Å²) >= 11 is 0. The van der Waals surface area contributed by atoms with E-state index in [9.17, 15) is 4.79 Å². The molecule has 0 fully saturated rings. The molecular formula is C20H20N4O2. The quantitative estimate of drug-likeness (QED) is 0.740. The predicted octanol–water partition coefficient (Wildman–Crippen LogP) is 3.37. The molecule has 1 N–H and O–H groups in total. The minimum atomic E-state index is -0.160. The highest BCUT2D eigenvalue weighted by Crippen LogP contribution is 2.18. The summed E-state index contributed by atoms with van der Waals surface area (Å²) in [5, 5.41) is 3.14. The van der Waals surface area contributed by atoms with Crippen molar-refractivity contribution in [2.45, 2.75) is 6.54 Å². The standard InChI is InChI=1S/C20H20N4O2/c1-24(17-9-4-3-5-10-17)19(25)16-13-22-20(23-14-16)21-12-15-8-6-7-11-18(15)26-2/h3-11,13-14H,12H2,1-2H3,(H,21,22,23). The molecule has 1 aromatic heterocycles. The van der Waals surface area contributed by atoms with Crippen LogP contribution in [-0.4, -0.2) is 30.0 Å². The molecule has 3 rings (SSSR count). The van der Waals surface area contributed by atoms with Gasteiger partial charge in [-0.25, -0.2) is 9.97 Å². The summed E-state index contributed by atoms with van der Waals surface area (Å²) in [6.45, 7) is 0.529. The second-order valence-corrected chi connectivity index (χ2v) is 5.66. The number of rotatable bonds is 6. The van der Waals surface area contributed by atoms with Crippen LogP contribution >= 0.6 is 0 Å². The number of amides is 1. The lowest BCUT2D eigenvalue weighted by Crippen LogP contribution is -2.26. The molecule has 0 bridgehead atoms. The highest BCUT2D eigenvalue weighted by atomic mass is 16.5. The molecule has 1 amide bonds. The molecule has 2 aromatic carbocycles. The third-order valence-electron chi connectivity index (χ3n) is 3.98. The first kappa shape index (κ1) is 17.4. The molecule has 0 unspecified atom stereocenters. The molecule has 132 valence electrons. The molecule has 6 nitrogen and oxygen atoms in total. The predicted molar refractivity (Wildman–Crippen MR) is 102 cm³/mol. The molecule has 6 heteroatoms. The van der Waals surface area contributed by atoms with Crippen LogP contribution in [0.5, 0.6) is 5.75 Å². The number of nitrogens with one attached hydrogen (secondary N) is 1. The Bertz CT molecular complexity index is 866. The largest absolute Gasteiger partial charge is 0.496 e. The van der Waals surface area contributed by atoms with Gasteiger partial charge in [0.2, 0.25) is 5.95 Å². The second-order valence-electron chi connectivity index (χ2n) is 5.66. The number of hydrogen-bond acceptors (Lipinski definition) is 5. The van der Waals surface area contributed by atoms with Gasteiger partial charge in [-0.1, -0.05) is 36.4 Å². The average Bonchev–Trinajstić information content (AvgIpc) is 2.72. The van der Waals surface area contributed by atoms with Crippen molar-refractivity contribution < 1.29 is 9.53 Å². The Labute approximate surface area is 152 Å². The van der Waals surface area contributed by atoms with Crippen molar-refractivity contribution in [2.75, 3.05) is 24.4 Å². The smallest absolute Gasteiger partial charge is 0.261 e. The van der Waals surface area contributed by atoms with Gasteiger partial charge >= 0.3 is 0 Å². The number of benzene rings is 2. The van der Waals surface area contributed by atoms with Gasteiger partial charge in [-0.2, -0.15) is 0 Å². The molecule has 26 heavy (non-hydrogen) atoms. The number of carbonyl (C=O) groups excluding carboxylic acids is 1. The Balaban J connectivity index is 1.66. The lowest BCUT2D eigenvalue weighted by atomic mass is 10.2. The Morgan fingerprint density at radius 2 is 1.69 bits per heavy atom. The van der Waals surface area contributed by atoms with E-state index in [1.54, 1.807) is 19.1 Å². The zero-order valence-electron chi connectivity index (χ0n) is 14.7. The van der Waals surface area contributed by atoms with E-state index in [1.807, 2.05) is 54.6 Å². The maximum absolute atomic E-state index is 12.5. The van der Waals surface area contributed by atoms with E-state index in [4.69, 9.17) is 4.74 Å². The lowest BCUT2D eigenvalue weighted by molar-refractivity contribution is 0.0992. The van der Waals surface area contributed by atoms with Gasteiger partial charge in [0, 0.05) is 37.2 Å². The summed E-state index contributed by atoms with van der Waals surface area (Å²) in [7, 11) is 3.37. The van der Waals surface area contributed by atoms with Crippen molar-refractivity contribution in [3.05, 3.63) is 78.1 Å². The minimum Gasteiger partial charge on any atom is -0.496 e. The summed E-state index contributed by atoms with van der Waals surface area (Å²) in [5.74, 6) is 1.10. The van der Waals surface area contributed by atoms with Crippen molar-refractivity contribution in [1.82, 2.24) is 9.97 Å². The van der Waals surface area contributed by atoms with Gasteiger partial charge in [0.25, 0.3) is 5.91 Å². The zero-order valence-corrected chi connectivity index (χ0v) is 14.7. The van der Waals surface area contributed by atoms with Crippen molar-refractivity contribution in [3.63, 3.8) is 0 Å². The van der Waals surface area contributed by atoms with Crippen LogP contribution in [0, 0.1) is 0 Å². The van der Waals surface area contributed by atoms with E-state index < -0.39 is 0 Å². The Morgan fingerprint density at radius 3 is 2.38 bits per heavy atom. The van der Waals surface area contributed by atoms with Gasteiger partial charge in [0.05, 0.1) is 12.7 Å². The normalized spacial score (nSPS) is 10.2. The average molecular weight is 348 g/mol. The van der Waals surface area contributed by atoms with E-state index in [-0.39, 0.29) is 5.91 Å². The summed E-state index contributed by atoms with van der Waals surface area (Å²) in [5.41, 5.74) is 2.25. The molecule has 0 atom stereocenters. The van der Waals surface area contributed by atoms with Crippen molar-refractivity contribution in [1.29, 1.82) is 0 Å². The SMILES string of the molecule is COc1ccccc1CNc1ncc(C(=O)N(C)c2ccccc2)cn1. The molecule has 0 aliphatic heterocycles. The Hall–Kier alpha value is -3.41. The number of anilines is 2. The van der Waals surface area contributed by atoms with E-state index >= 15 is 0 Å². The van der Waals surface area contributed by atoms with Crippen molar-refractivity contribution in [2.24, 2.45) is 0 Å². The number of carbonyl (C=O) groups is 1. The van der Waals surface area contributed by atoms with E-state index in [1.165, 1.54) is 12.4 Å². The molecule has 0 aliphatic carbocycles. The summed E-state index contributed by atoms with van der Waals surface area (Å²) < 4.78 is 5.32. The van der Waals surface area contributed by atoms with Crippen LogP contribution in [0.15, 0.2) is 67.0 Å². The fourth-order valence-corrected chi connectivity index (χ4v) is 2.52. The van der Waals surface area contributed by atoms with Gasteiger partial charge in [-0.05, 0) is 18.2 Å². The number of hydrogen-bond donors (Lipinski definition) is 1. The first-order valence-corrected chi connectivity index (χ1v) is 8.20. The third kappa shape index (κ3) is 3.97. The number of nitrogens with zero attached hydrogens (tertiary/aromatic N) is 3. The van der Waals surface area contributed by atoms with Crippen LogP contribution in [-0.2, 0) is 6.54 Å². The summed E-state index contributed by atoms with van der Waals surface area (Å²) in [6, 6.07) is 17.2. The van der Waals surface area contributed by atoms with Gasteiger partial charge in [0.1, 0.15) is 5.75 Å². The number of methoxy groups -OCH3 is 1. The summed E-state index contributed by atoms with van der Waals surface area (Å²) in [4.78, 5) is 22.6. The lowest BCUT2D eigenvalue weighted by Gasteiger charge is -2.17. The maximum atomic E-state index is 12.5. The molecule has 0 saturated carbocycles. The van der Waals surface area contributed by atoms with Crippen molar-refractivity contribution >= 4 is 17.5 Å². The van der Waals surface area contributed by atoms with E-state index in [0.717, 1.165) is 17.0 Å². The Kier molecular flexibility index (Phi) is 5.43. The van der Waals surface area contributed by atoms with Crippen LogP contribution in [0.3, 0.4) is 0 Å². The van der Waals surface area contributed by atoms with Crippen LogP contribution in [0.1, 0.15) is 15.9 Å². The first-order valence-electron chi connectivity index (χ1n) is 8.20. The summed E-state index contributed by atoms with van der Waals surface area (Å²) in [6.07, 6.45) is 3.05. The first-order chi connectivity index (χ1) is 12.7. The van der Waals surface area contributed by atoms with Crippen LogP contribution in [0.25, 0.3) is 0 Å². The molecule has 3 aromatic rings. The minimum absolute atomic E-state index is 0.160. The molecule has 0 saturated heterocycles. The van der Waals surface area contributed by atoms with E-state index in [2.05, 4.69) is 15.3 Å².